The van der Waals surface area contributed by atoms with E-state index in [0.717, 1.165) is 19.4 Å². The molecule has 0 bridgehead atoms. The lowest BCUT2D eigenvalue weighted by atomic mass is 10.1. The van der Waals surface area contributed by atoms with Gasteiger partial charge in [0, 0.05) is 30.9 Å². The normalized spacial score (nSPS) is 20.9. The molecule has 4 nitrogen and oxygen atoms in total. The van der Waals surface area contributed by atoms with E-state index in [1.54, 1.807) is 23.2 Å². The van der Waals surface area contributed by atoms with Crippen molar-refractivity contribution in [1.29, 1.82) is 0 Å². The summed E-state index contributed by atoms with van der Waals surface area (Å²) in [6.07, 6.45) is 3.49. The van der Waals surface area contributed by atoms with E-state index in [2.05, 4.69) is 4.98 Å². The topological polar surface area (TPSA) is 59.2 Å². The van der Waals surface area contributed by atoms with Crippen molar-refractivity contribution in [3.05, 3.63) is 29.0 Å². The van der Waals surface area contributed by atoms with Gasteiger partial charge in [-0.05, 0) is 25.0 Å². The van der Waals surface area contributed by atoms with Crippen LogP contribution in [0.5, 0.6) is 0 Å². The Bertz CT molecular complexity index is 397. The van der Waals surface area contributed by atoms with E-state index < -0.39 is 0 Å². The highest BCUT2D eigenvalue weighted by atomic mass is 35.5. The van der Waals surface area contributed by atoms with E-state index in [1.807, 2.05) is 0 Å². The Kier molecular flexibility index (Phi) is 3.41. The Labute approximate surface area is 99.4 Å². The SMILES string of the molecule is N[C@@H]1CCCN(C(=O)c2ccnc(Cl)c2)C1. The summed E-state index contributed by atoms with van der Waals surface area (Å²) >= 11 is 5.75. The maximum absolute atomic E-state index is 12.1. The minimum absolute atomic E-state index is 0.0144. The Balaban J connectivity index is 2.12. The van der Waals surface area contributed by atoms with Crippen molar-refractivity contribution in [1.82, 2.24) is 9.88 Å². The number of hydrogen-bond donors (Lipinski definition) is 1. The summed E-state index contributed by atoms with van der Waals surface area (Å²) in [6.45, 7) is 1.39. The van der Waals surface area contributed by atoms with Crippen molar-refractivity contribution in [3.8, 4) is 0 Å². The minimum Gasteiger partial charge on any atom is -0.337 e. The summed E-state index contributed by atoms with van der Waals surface area (Å²) in [5.74, 6) is -0.0144. The molecule has 1 aromatic rings. The molecule has 1 aliphatic heterocycles. The number of halogens is 1. The van der Waals surface area contributed by atoms with Gasteiger partial charge in [-0.1, -0.05) is 11.6 Å². The van der Waals surface area contributed by atoms with Gasteiger partial charge in [0.05, 0.1) is 0 Å². The number of hydrogen-bond acceptors (Lipinski definition) is 3. The summed E-state index contributed by atoms with van der Waals surface area (Å²) in [4.78, 5) is 17.7. The van der Waals surface area contributed by atoms with E-state index in [0.29, 0.717) is 17.3 Å². The summed E-state index contributed by atoms with van der Waals surface area (Å²) < 4.78 is 0. The third-order valence-corrected chi connectivity index (χ3v) is 2.93. The van der Waals surface area contributed by atoms with E-state index in [4.69, 9.17) is 17.3 Å². The zero-order valence-electron chi connectivity index (χ0n) is 8.90. The highest BCUT2D eigenvalue weighted by molar-refractivity contribution is 6.29. The van der Waals surface area contributed by atoms with Crippen LogP contribution in [-0.4, -0.2) is 34.9 Å². The molecule has 0 aromatic carbocycles. The molecule has 1 amide bonds. The highest BCUT2D eigenvalue weighted by Gasteiger charge is 2.22. The number of amides is 1. The molecule has 0 saturated carbocycles. The maximum Gasteiger partial charge on any atom is 0.254 e. The smallest absolute Gasteiger partial charge is 0.254 e. The lowest BCUT2D eigenvalue weighted by Crippen LogP contribution is -2.45. The molecule has 16 heavy (non-hydrogen) atoms. The second-order valence-corrected chi connectivity index (χ2v) is 4.41. The molecular weight excluding hydrogens is 226 g/mol. The molecule has 1 atom stereocenters. The molecule has 86 valence electrons. The van der Waals surface area contributed by atoms with Gasteiger partial charge in [-0.25, -0.2) is 4.98 Å². The van der Waals surface area contributed by atoms with Gasteiger partial charge in [0.15, 0.2) is 0 Å². The van der Waals surface area contributed by atoms with Crippen molar-refractivity contribution in [2.75, 3.05) is 13.1 Å². The average Bonchev–Trinajstić information content (AvgIpc) is 2.28. The van der Waals surface area contributed by atoms with E-state index in [1.165, 1.54) is 0 Å². The van der Waals surface area contributed by atoms with Gasteiger partial charge in [-0.15, -0.1) is 0 Å². The molecule has 0 aliphatic carbocycles. The number of rotatable bonds is 1. The van der Waals surface area contributed by atoms with Crippen molar-refractivity contribution < 1.29 is 4.79 Å². The van der Waals surface area contributed by atoms with E-state index in [9.17, 15) is 4.79 Å². The first kappa shape index (κ1) is 11.4. The molecule has 5 heteroatoms. The average molecular weight is 240 g/mol. The monoisotopic (exact) mass is 239 g/mol. The van der Waals surface area contributed by atoms with E-state index in [-0.39, 0.29) is 11.9 Å². The first-order valence-corrected chi connectivity index (χ1v) is 5.71. The summed E-state index contributed by atoms with van der Waals surface area (Å²) in [7, 11) is 0. The molecule has 0 unspecified atom stereocenters. The van der Waals surface area contributed by atoms with Gasteiger partial charge in [0.2, 0.25) is 0 Å². The molecule has 0 radical (unpaired) electrons. The Hall–Kier alpha value is -1.13. The second kappa shape index (κ2) is 4.80. The first-order valence-electron chi connectivity index (χ1n) is 5.33. The van der Waals surface area contributed by atoms with Gasteiger partial charge in [-0.3, -0.25) is 4.79 Å². The maximum atomic E-state index is 12.1. The first-order chi connectivity index (χ1) is 7.66. The summed E-state index contributed by atoms with van der Waals surface area (Å²) in [5, 5.41) is 0.340. The van der Waals surface area contributed by atoms with Crippen LogP contribution in [0.25, 0.3) is 0 Å². The highest BCUT2D eigenvalue weighted by Crippen LogP contribution is 2.14. The number of carbonyl (C=O) groups excluding carboxylic acids is 1. The van der Waals surface area contributed by atoms with Crippen LogP contribution in [0.2, 0.25) is 5.15 Å². The molecule has 1 aromatic heterocycles. The number of carbonyl (C=O) groups is 1. The van der Waals surface area contributed by atoms with Crippen molar-refractivity contribution in [2.24, 2.45) is 5.73 Å². The third kappa shape index (κ3) is 2.51. The number of piperidine rings is 1. The van der Waals surface area contributed by atoms with Gasteiger partial charge in [0.25, 0.3) is 5.91 Å². The fourth-order valence-electron chi connectivity index (χ4n) is 1.91. The van der Waals surface area contributed by atoms with Crippen LogP contribution < -0.4 is 5.73 Å². The molecule has 2 rings (SSSR count). The lowest BCUT2D eigenvalue weighted by molar-refractivity contribution is 0.0708. The van der Waals surface area contributed by atoms with Gasteiger partial charge in [0.1, 0.15) is 5.15 Å². The van der Waals surface area contributed by atoms with Crippen LogP contribution >= 0.6 is 11.6 Å². The van der Waals surface area contributed by atoms with Crippen LogP contribution in [0.3, 0.4) is 0 Å². The minimum atomic E-state index is -0.0144. The summed E-state index contributed by atoms with van der Waals surface area (Å²) in [6, 6.07) is 3.35. The molecule has 1 aliphatic rings. The lowest BCUT2D eigenvalue weighted by Gasteiger charge is -2.30. The predicted octanol–water partition coefficient (Wildman–Crippen LogP) is 1.30. The second-order valence-electron chi connectivity index (χ2n) is 4.02. The Morgan fingerprint density at radius 2 is 2.44 bits per heavy atom. The van der Waals surface area contributed by atoms with E-state index >= 15 is 0 Å². The molecule has 0 spiro atoms. The van der Waals surface area contributed by atoms with Gasteiger partial charge in [-0.2, -0.15) is 0 Å². The number of aromatic nitrogens is 1. The molecule has 1 saturated heterocycles. The number of likely N-dealkylation sites (tertiary alicyclic amines) is 1. The van der Waals surface area contributed by atoms with Gasteiger partial charge < -0.3 is 10.6 Å². The van der Waals surface area contributed by atoms with Crippen molar-refractivity contribution in [3.63, 3.8) is 0 Å². The quantitative estimate of drug-likeness (QED) is 0.752. The standard InChI is InChI=1S/C11H14ClN3O/c12-10-6-8(3-4-14-10)11(16)15-5-1-2-9(13)7-15/h3-4,6,9H,1-2,5,7,13H2/t9-/m1/s1. The van der Waals surface area contributed by atoms with Crippen LogP contribution in [0.1, 0.15) is 23.2 Å². The fraction of sp³-hybridized carbons (Fsp3) is 0.455. The Morgan fingerprint density at radius 1 is 1.62 bits per heavy atom. The molecule has 1 fully saturated rings. The van der Waals surface area contributed by atoms with Crippen molar-refractivity contribution in [2.45, 2.75) is 18.9 Å². The molecule has 2 heterocycles. The largest absolute Gasteiger partial charge is 0.337 e. The molecular formula is C11H14ClN3O. The van der Waals surface area contributed by atoms with Crippen LogP contribution in [0, 0.1) is 0 Å². The number of nitrogens with zero attached hydrogens (tertiary/aromatic N) is 2. The van der Waals surface area contributed by atoms with Crippen molar-refractivity contribution >= 4 is 17.5 Å². The number of pyridine rings is 1. The zero-order chi connectivity index (χ0) is 11.5. The van der Waals surface area contributed by atoms with Crippen LogP contribution in [0.15, 0.2) is 18.3 Å². The third-order valence-electron chi connectivity index (χ3n) is 2.72. The fourth-order valence-corrected chi connectivity index (χ4v) is 2.09. The number of nitrogens with two attached hydrogens (primary N) is 1. The Morgan fingerprint density at radius 3 is 3.12 bits per heavy atom. The molecule has 2 N–H and O–H groups in total. The van der Waals surface area contributed by atoms with Crippen LogP contribution in [0.4, 0.5) is 0 Å². The zero-order valence-corrected chi connectivity index (χ0v) is 9.65. The predicted molar refractivity (Wildman–Crippen MR) is 62.4 cm³/mol. The van der Waals surface area contributed by atoms with Gasteiger partial charge >= 0.3 is 0 Å². The van der Waals surface area contributed by atoms with Crippen LogP contribution in [-0.2, 0) is 0 Å². The summed E-state index contributed by atoms with van der Waals surface area (Å²) in [5.41, 5.74) is 6.42.